The van der Waals surface area contributed by atoms with Crippen LogP contribution in [0.2, 0.25) is 5.02 Å². The molecule has 4 nitrogen and oxygen atoms in total. The Morgan fingerprint density at radius 2 is 2.13 bits per heavy atom. The van der Waals surface area contributed by atoms with Crippen LogP contribution in [0, 0.1) is 0 Å². The highest BCUT2D eigenvalue weighted by Crippen LogP contribution is 2.32. The molecule has 0 heterocycles. The van der Waals surface area contributed by atoms with Gasteiger partial charge in [0.25, 0.3) is 0 Å². The number of benzene rings is 1. The van der Waals surface area contributed by atoms with Crippen LogP contribution in [0.4, 0.5) is 0 Å². The average Bonchev–Trinajstić information content (AvgIpc) is 2.26. The average molecular weight is 228 g/mol. The molecule has 0 aliphatic rings. The van der Waals surface area contributed by atoms with E-state index in [1.165, 1.54) is 20.3 Å². The number of halogens is 1. The van der Waals surface area contributed by atoms with Gasteiger partial charge in [0, 0.05) is 11.6 Å². The zero-order chi connectivity index (χ0) is 11.3. The Morgan fingerprint density at radius 1 is 1.40 bits per heavy atom. The van der Waals surface area contributed by atoms with Crippen molar-refractivity contribution in [1.29, 1.82) is 0 Å². The third-order valence-electron chi connectivity index (χ3n) is 1.89. The maximum atomic E-state index is 10.0. The van der Waals surface area contributed by atoms with Gasteiger partial charge in [0.1, 0.15) is 11.5 Å². The molecule has 15 heavy (non-hydrogen) atoms. The molecule has 0 saturated heterocycles. The Hall–Kier alpha value is -1.51. The van der Waals surface area contributed by atoms with Gasteiger partial charge in [-0.15, -0.1) is 0 Å². The summed E-state index contributed by atoms with van der Waals surface area (Å²) < 4.78 is 10.1. The Bertz CT molecular complexity index is 400. The Balaban J connectivity index is 3.17. The van der Waals surface area contributed by atoms with Crippen LogP contribution < -0.4 is 9.47 Å². The van der Waals surface area contributed by atoms with E-state index in [9.17, 15) is 4.79 Å². The quantitative estimate of drug-likeness (QED) is 0.585. The number of hydrogen-bond donors (Lipinski definition) is 0. The maximum absolute atomic E-state index is 10.0. The second-order valence-corrected chi connectivity index (χ2v) is 3.10. The SMILES string of the molecule is COc1cc(Cl)c(CN=C=O)c(OC)c1. The number of hydrogen-bond acceptors (Lipinski definition) is 4. The largest absolute Gasteiger partial charge is 0.497 e. The normalized spacial score (nSPS) is 9.27. The molecule has 0 amide bonds. The zero-order valence-electron chi connectivity index (χ0n) is 8.41. The zero-order valence-corrected chi connectivity index (χ0v) is 9.17. The van der Waals surface area contributed by atoms with E-state index in [2.05, 4.69) is 4.99 Å². The van der Waals surface area contributed by atoms with Gasteiger partial charge in [-0.2, -0.15) is 0 Å². The smallest absolute Gasteiger partial charge is 0.235 e. The third kappa shape index (κ3) is 2.72. The molecule has 0 N–H and O–H groups in total. The van der Waals surface area contributed by atoms with E-state index >= 15 is 0 Å². The molecule has 80 valence electrons. The first-order valence-electron chi connectivity index (χ1n) is 4.17. The molecular weight excluding hydrogens is 218 g/mol. The highest BCUT2D eigenvalue weighted by atomic mass is 35.5. The lowest BCUT2D eigenvalue weighted by molar-refractivity contribution is 0.391. The lowest BCUT2D eigenvalue weighted by Crippen LogP contribution is -1.94. The van der Waals surface area contributed by atoms with E-state index in [0.29, 0.717) is 22.1 Å². The van der Waals surface area contributed by atoms with E-state index in [1.807, 2.05) is 0 Å². The number of methoxy groups -OCH3 is 2. The number of rotatable bonds is 4. The van der Waals surface area contributed by atoms with Crippen LogP contribution >= 0.6 is 11.6 Å². The minimum absolute atomic E-state index is 0.148. The monoisotopic (exact) mass is 227 g/mol. The van der Waals surface area contributed by atoms with Crippen molar-refractivity contribution < 1.29 is 14.3 Å². The lowest BCUT2D eigenvalue weighted by atomic mass is 10.2. The second kappa shape index (κ2) is 5.39. The highest BCUT2D eigenvalue weighted by molar-refractivity contribution is 6.31. The van der Waals surface area contributed by atoms with Crippen molar-refractivity contribution in [3.63, 3.8) is 0 Å². The lowest BCUT2D eigenvalue weighted by Gasteiger charge is -2.10. The molecule has 1 aromatic carbocycles. The van der Waals surface area contributed by atoms with Crippen molar-refractivity contribution in [3.8, 4) is 11.5 Å². The predicted octanol–water partition coefficient (Wildman–Crippen LogP) is 2.19. The van der Waals surface area contributed by atoms with Crippen LogP contribution in [-0.2, 0) is 11.3 Å². The van der Waals surface area contributed by atoms with Gasteiger partial charge < -0.3 is 9.47 Å². The summed E-state index contributed by atoms with van der Waals surface area (Å²) in [7, 11) is 3.05. The fourth-order valence-corrected chi connectivity index (χ4v) is 1.41. The van der Waals surface area contributed by atoms with Crippen LogP contribution in [0.15, 0.2) is 17.1 Å². The van der Waals surface area contributed by atoms with Crippen molar-refractivity contribution in [2.75, 3.05) is 14.2 Å². The van der Waals surface area contributed by atoms with Crippen LogP contribution in [0.1, 0.15) is 5.56 Å². The van der Waals surface area contributed by atoms with Gasteiger partial charge >= 0.3 is 0 Å². The molecule has 0 spiro atoms. The Kier molecular flexibility index (Phi) is 4.16. The van der Waals surface area contributed by atoms with Crippen molar-refractivity contribution in [3.05, 3.63) is 22.7 Å². The maximum Gasteiger partial charge on any atom is 0.235 e. The van der Waals surface area contributed by atoms with Gasteiger partial charge in [-0.25, -0.2) is 9.79 Å². The van der Waals surface area contributed by atoms with Crippen molar-refractivity contribution in [2.24, 2.45) is 4.99 Å². The highest BCUT2D eigenvalue weighted by Gasteiger charge is 2.10. The van der Waals surface area contributed by atoms with E-state index in [-0.39, 0.29) is 6.54 Å². The van der Waals surface area contributed by atoms with Crippen molar-refractivity contribution in [2.45, 2.75) is 6.54 Å². The number of aliphatic imine (C=N–C) groups is 1. The molecule has 1 aromatic rings. The van der Waals surface area contributed by atoms with E-state index in [0.717, 1.165) is 0 Å². The van der Waals surface area contributed by atoms with E-state index in [4.69, 9.17) is 21.1 Å². The summed E-state index contributed by atoms with van der Waals surface area (Å²) in [5.74, 6) is 1.13. The summed E-state index contributed by atoms with van der Waals surface area (Å²) >= 11 is 5.98. The first kappa shape index (κ1) is 11.6. The Morgan fingerprint density at radius 3 is 2.67 bits per heavy atom. The summed E-state index contributed by atoms with van der Waals surface area (Å²) in [6.45, 7) is 0.148. The fourth-order valence-electron chi connectivity index (χ4n) is 1.15. The topological polar surface area (TPSA) is 47.9 Å². The van der Waals surface area contributed by atoms with Crippen LogP contribution in [0.3, 0.4) is 0 Å². The standard InChI is InChI=1S/C10H10ClNO3/c1-14-7-3-9(11)8(5-12-6-13)10(4-7)15-2/h3-4H,5H2,1-2H3. The first-order valence-corrected chi connectivity index (χ1v) is 4.54. The third-order valence-corrected chi connectivity index (χ3v) is 2.22. The number of carbonyl (C=O) groups excluding carboxylic acids is 1. The molecule has 0 radical (unpaired) electrons. The van der Waals surface area contributed by atoms with Gasteiger partial charge in [-0.1, -0.05) is 11.6 Å². The van der Waals surface area contributed by atoms with Gasteiger partial charge in [-0.05, 0) is 6.07 Å². The summed E-state index contributed by atoms with van der Waals surface area (Å²) in [5.41, 5.74) is 0.642. The number of ether oxygens (including phenoxy) is 2. The van der Waals surface area contributed by atoms with Gasteiger partial charge in [-0.3, -0.25) is 0 Å². The molecule has 0 bridgehead atoms. The molecular formula is C10H10ClNO3. The first-order chi connectivity index (χ1) is 7.22. The fraction of sp³-hybridized carbons (Fsp3) is 0.300. The van der Waals surface area contributed by atoms with Crippen molar-refractivity contribution in [1.82, 2.24) is 0 Å². The van der Waals surface area contributed by atoms with Crippen molar-refractivity contribution >= 4 is 17.7 Å². The van der Waals surface area contributed by atoms with Gasteiger partial charge in [0.2, 0.25) is 6.08 Å². The van der Waals surface area contributed by atoms with Gasteiger partial charge in [0.05, 0.1) is 25.8 Å². The van der Waals surface area contributed by atoms with Gasteiger partial charge in [0.15, 0.2) is 0 Å². The molecule has 0 aromatic heterocycles. The molecule has 0 saturated carbocycles. The summed E-state index contributed by atoms with van der Waals surface area (Å²) in [5, 5.41) is 0.449. The van der Waals surface area contributed by atoms with Crippen LogP contribution in [0.5, 0.6) is 11.5 Å². The second-order valence-electron chi connectivity index (χ2n) is 2.70. The number of isocyanates is 1. The van der Waals surface area contributed by atoms with E-state index < -0.39 is 0 Å². The molecule has 1 rings (SSSR count). The summed E-state index contributed by atoms with van der Waals surface area (Å²) in [6, 6.07) is 3.32. The molecule has 0 unspecified atom stereocenters. The Labute approximate surface area is 92.5 Å². The minimum Gasteiger partial charge on any atom is -0.497 e. The molecule has 0 fully saturated rings. The van der Waals surface area contributed by atoms with Crippen LogP contribution in [-0.4, -0.2) is 20.3 Å². The summed E-state index contributed by atoms with van der Waals surface area (Å²) in [4.78, 5) is 13.5. The van der Waals surface area contributed by atoms with Crippen LogP contribution in [0.25, 0.3) is 0 Å². The molecule has 0 atom stereocenters. The summed E-state index contributed by atoms with van der Waals surface area (Å²) in [6.07, 6.45) is 1.45. The predicted molar refractivity (Wildman–Crippen MR) is 56.4 cm³/mol. The molecule has 0 aliphatic heterocycles. The minimum atomic E-state index is 0.148. The molecule has 0 aliphatic carbocycles. The molecule has 5 heteroatoms. The van der Waals surface area contributed by atoms with E-state index in [1.54, 1.807) is 12.1 Å². The number of nitrogens with zero attached hydrogens (tertiary/aromatic N) is 1.